The van der Waals surface area contributed by atoms with Gasteiger partial charge in [-0.25, -0.2) is 0 Å². The van der Waals surface area contributed by atoms with Gasteiger partial charge in [-0.05, 0) is 24.7 Å². The third-order valence-electron chi connectivity index (χ3n) is 3.32. The van der Waals surface area contributed by atoms with Crippen molar-refractivity contribution >= 4 is 5.91 Å². The van der Waals surface area contributed by atoms with Crippen LogP contribution in [0.1, 0.15) is 47.0 Å². The Morgan fingerprint density at radius 3 is 2.33 bits per heavy atom. The van der Waals surface area contributed by atoms with Crippen LogP contribution < -0.4 is 0 Å². The molecule has 0 aromatic carbocycles. The molecule has 15 heavy (non-hydrogen) atoms. The van der Waals surface area contributed by atoms with E-state index in [9.17, 15) is 4.79 Å². The largest absolute Gasteiger partial charge is 0.342 e. The van der Waals surface area contributed by atoms with E-state index in [0.717, 1.165) is 25.9 Å². The first-order valence-corrected chi connectivity index (χ1v) is 6.33. The fourth-order valence-electron chi connectivity index (χ4n) is 2.71. The van der Waals surface area contributed by atoms with E-state index in [1.807, 2.05) is 0 Å². The zero-order chi connectivity index (χ0) is 11.4. The molecule has 0 aromatic heterocycles. The molecule has 0 bridgehead atoms. The van der Waals surface area contributed by atoms with Gasteiger partial charge in [-0.1, -0.05) is 34.1 Å². The van der Waals surface area contributed by atoms with Gasteiger partial charge in [-0.15, -0.1) is 0 Å². The maximum atomic E-state index is 12.1. The normalized spacial score (nSPS) is 28.9. The molecule has 1 aliphatic rings. The Balaban J connectivity index is 2.51. The molecular weight excluding hydrogens is 186 g/mol. The molecule has 0 unspecified atom stereocenters. The Kier molecular flexibility index (Phi) is 4.62. The van der Waals surface area contributed by atoms with E-state index in [4.69, 9.17) is 0 Å². The average Bonchev–Trinajstić information content (AvgIpc) is 2.15. The van der Waals surface area contributed by atoms with Gasteiger partial charge in [0.25, 0.3) is 0 Å². The minimum Gasteiger partial charge on any atom is -0.342 e. The summed E-state index contributed by atoms with van der Waals surface area (Å²) in [5.74, 6) is 1.93. The molecule has 1 saturated heterocycles. The Morgan fingerprint density at radius 1 is 1.33 bits per heavy atom. The van der Waals surface area contributed by atoms with Gasteiger partial charge in [-0.3, -0.25) is 4.79 Å². The van der Waals surface area contributed by atoms with E-state index in [1.165, 1.54) is 6.42 Å². The first kappa shape index (κ1) is 12.5. The van der Waals surface area contributed by atoms with E-state index in [1.54, 1.807) is 0 Å². The SMILES string of the molecule is CCC[C@H](C)C(=O)N1C[C@H](C)C[C@H](C)C1. The van der Waals surface area contributed by atoms with Crippen LogP contribution >= 0.6 is 0 Å². The van der Waals surface area contributed by atoms with Crippen LogP contribution in [0.4, 0.5) is 0 Å². The molecule has 0 aliphatic carbocycles. The molecule has 0 radical (unpaired) electrons. The van der Waals surface area contributed by atoms with Crippen LogP contribution in [0.5, 0.6) is 0 Å². The number of amides is 1. The van der Waals surface area contributed by atoms with Crippen molar-refractivity contribution in [2.75, 3.05) is 13.1 Å². The molecular formula is C13H25NO. The molecule has 1 fully saturated rings. The number of hydrogen-bond acceptors (Lipinski definition) is 1. The first-order valence-electron chi connectivity index (χ1n) is 6.33. The van der Waals surface area contributed by atoms with Gasteiger partial charge in [-0.2, -0.15) is 0 Å². The molecule has 3 atom stereocenters. The molecule has 2 nitrogen and oxygen atoms in total. The number of hydrogen-bond donors (Lipinski definition) is 0. The highest BCUT2D eigenvalue weighted by atomic mass is 16.2. The topological polar surface area (TPSA) is 20.3 Å². The van der Waals surface area contributed by atoms with Gasteiger partial charge in [0, 0.05) is 19.0 Å². The predicted molar refractivity (Wildman–Crippen MR) is 63.6 cm³/mol. The van der Waals surface area contributed by atoms with E-state index in [-0.39, 0.29) is 5.92 Å². The van der Waals surface area contributed by atoms with Crippen LogP contribution in [0.2, 0.25) is 0 Å². The summed E-state index contributed by atoms with van der Waals surface area (Å²) in [6.07, 6.45) is 3.40. The average molecular weight is 211 g/mol. The Labute approximate surface area is 94.0 Å². The molecule has 0 N–H and O–H groups in total. The van der Waals surface area contributed by atoms with Crippen LogP contribution in [-0.4, -0.2) is 23.9 Å². The second kappa shape index (κ2) is 5.53. The molecule has 0 saturated carbocycles. The summed E-state index contributed by atoms with van der Waals surface area (Å²) in [5, 5.41) is 0. The van der Waals surface area contributed by atoms with Crippen LogP contribution in [0.15, 0.2) is 0 Å². The molecule has 88 valence electrons. The summed E-state index contributed by atoms with van der Waals surface area (Å²) < 4.78 is 0. The predicted octanol–water partition coefficient (Wildman–Crippen LogP) is 2.93. The molecule has 1 rings (SSSR count). The fourth-order valence-corrected chi connectivity index (χ4v) is 2.71. The maximum Gasteiger partial charge on any atom is 0.225 e. The van der Waals surface area contributed by atoms with Crippen molar-refractivity contribution in [2.45, 2.75) is 47.0 Å². The zero-order valence-electron chi connectivity index (χ0n) is 10.6. The smallest absolute Gasteiger partial charge is 0.225 e. The quantitative estimate of drug-likeness (QED) is 0.703. The molecule has 0 spiro atoms. The number of likely N-dealkylation sites (tertiary alicyclic amines) is 1. The number of nitrogens with zero attached hydrogens (tertiary/aromatic N) is 1. The second-order valence-electron chi connectivity index (χ2n) is 5.38. The number of piperidine rings is 1. The van der Waals surface area contributed by atoms with Crippen LogP contribution in [-0.2, 0) is 4.79 Å². The maximum absolute atomic E-state index is 12.1. The minimum absolute atomic E-state index is 0.215. The third kappa shape index (κ3) is 3.51. The van der Waals surface area contributed by atoms with Crippen molar-refractivity contribution in [3.05, 3.63) is 0 Å². The van der Waals surface area contributed by atoms with Crippen LogP contribution in [0.3, 0.4) is 0 Å². The summed E-state index contributed by atoms with van der Waals surface area (Å²) in [7, 11) is 0. The zero-order valence-corrected chi connectivity index (χ0v) is 10.6. The lowest BCUT2D eigenvalue weighted by Crippen LogP contribution is -2.44. The number of carbonyl (C=O) groups excluding carboxylic acids is 1. The van der Waals surface area contributed by atoms with E-state index in [2.05, 4.69) is 32.6 Å². The highest BCUT2D eigenvalue weighted by molar-refractivity contribution is 5.78. The van der Waals surface area contributed by atoms with Crippen molar-refractivity contribution in [3.8, 4) is 0 Å². The summed E-state index contributed by atoms with van der Waals surface area (Å²) in [6.45, 7) is 10.6. The Morgan fingerprint density at radius 2 is 1.87 bits per heavy atom. The van der Waals surface area contributed by atoms with Crippen molar-refractivity contribution in [2.24, 2.45) is 17.8 Å². The fraction of sp³-hybridized carbons (Fsp3) is 0.923. The summed E-state index contributed by atoms with van der Waals surface area (Å²) >= 11 is 0. The summed E-state index contributed by atoms with van der Waals surface area (Å²) in [5.41, 5.74) is 0. The van der Waals surface area contributed by atoms with Crippen molar-refractivity contribution < 1.29 is 4.79 Å². The van der Waals surface area contributed by atoms with Gasteiger partial charge in [0.2, 0.25) is 5.91 Å². The van der Waals surface area contributed by atoms with E-state index < -0.39 is 0 Å². The first-order chi connectivity index (χ1) is 7.04. The van der Waals surface area contributed by atoms with Crippen molar-refractivity contribution in [3.63, 3.8) is 0 Å². The highest BCUT2D eigenvalue weighted by Crippen LogP contribution is 2.23. The van der Waals surface area contributed by atoms with Gasteiger partial charge >= 0.3 is 0 Å². The second-order valence-corrected chi connectivity index (χ2v) is 5.38. The summed E-state index contributed by atoms with van der Waals surface area (Å²) in [6, 6.07) is 0. The van der Waals surface area contributed by atoms with E-state index >= 15 is 0 Å². The lowest BCUT2D eigenvalue weighted by Gasteiger charge is -2.36. The van der Waals surface area contributed by atoms with Gasteiger partial charge in [0.15, 0.2) is 0 Å². The monoisotopic (exact) mass is 211 g/mol. The lowest BCUT2D eigenvalue weighted by atomic mass is 9.90. The van der Waals surface area contributed by atoms with Gasteiger partial charge < -0.3 is 4.90 Å². The molecule has 0 aromatic rings. The van der Waals surface area contributed by atoms with Gasteiger partial charge in [0.1, 0.15) is 0 Å². The Bertz CT molecular complexity index is 205. The minimum atomic E-state index is 0.215. The number of rotatable bonds is 3. The van der Waals surface area contributed by atoms with Crippen molar-refractivity contribution in [1.29, 1.82) is 0 Å². The van der Waals surface area contributed by atoms with E-state index in [0.29, 0.717) is 17.7 Å². The molecule has 1 amide bonds. The molecule has 2 heteroatoms. The van der Waals surface area contributed by atoms with Crippen LogP contribution in [0.25, 0.3) is 0 Å². The molecule has 1 aliphatic heterocycles. The van der Waals surface area contributed by atoms with Crippen LogP contribution in [0, 0.1) is 17.8 Å². The highest BCUT2D eigenvalue weighted by Gasteiger charge is 2.27. The third-order valence-corrected chi connectivity index (χ3v) is 3.32. The van der Waals surface area contributed by atoms with Crippen molar-refractivity contribution in [1.82, 2.24) is 4.90 Å². The molecule has 1 heterocycles. The number of carbonyl (C=O) groups is 1. The summed E-state index contributed by atoms with van der Waals surface area (Å²) in [4.78, 5) is 14.2. The Hall–Kier alpha value is -0.530. The standard InChI is InChI=1S/C13H25NO/c1-5-6-12(4)13(15)14-8-10(2)7-11(3)9-14/h10-12H,5-9H2,1-4H3/t10-,11+,12-/m0/s1. The lowest BCUT2D eigenvalue weighted by molar-refractivity contribution is -0.137. The van der Waals surface area contributed by atoms with Gasteiger partial charge in [0.05, 0.1) is 0 Å².